The second-order valence-corrected chi connectivity index (χ2v) is 13.3. The van der Waals surface area contributed by atoms with Gasteiger partial charge in [-0.2, -0.15) is 0 Å². The average molecular weight is 585 g/mol. The van der Waals surface area contributed by atoms with Crippen molar-refractivity contribution in [3.05, 3.63) is 150 Å². The van der Waals surface area contributed by atoms with Gasteiger partial charge in [0.05, 0.1) is 11.0 Å². The van der Waals surface area contributed by atoms with E-state index in [0.717, 1.165) is 6.42 Å². The van der Waals surface area contributed by atoms with Crippen LogP contribution in [-0.4, -0.2) is 11.6 Å². The lowest BCUT2D eigenvalue weighted by molar-refractivity contribution is 0.621. The number of thiophene rings is 1. The summed E-state index contributed by atoms with van der Waals surface area (Å²) in [7, 11) is 2.25. The van der Waals surface area contributed by atoms with Gasteiger partial charge in [0.2, 0.25) is 0 Å². The average Bonchev–Trinajstić information content (AvgIpc) is 3.62. The maximum Gasteiger partial charge on any atom is 0.126 e. The number of anilines is 1. The molecule has 44 heavy (non-hydrogen) atoms. The van der Waals surface area contributed by atoms with Crippen molar-refractivity contribution in [3.8, 4) is 0 Å². The zero-order valence-corrected chi connectivity index (χ0v) is 25.7. The lowest BCUT2D eigenvalue weighted by Gasteiger charge is -2.38. The minimum Gasteiger partial charge on any atom is -0.350 e. The molecule has 2 nitrogen and oxygen atoms in total. The maximum absolute atomic E-state index is 2.57. The van der Waals surface area contributed by atoms with Crippen molar-refractivity contribution in [1.82, 2.24) is 4.57 Å². The largest absolute Gasteiger partial charge is 0.350 e. The van der Waals surface area contributed by atoms with E-state index in [2.05, 4.69) is 157 Å². The fourth-order valence-corrected chi connectivity index (χ4v) is 8.89. The van der Waals surface area contributed by atoms with Gasteiger partial charge in [0.25, 0.3) is 0 Å². The molecule has 2 aliphatic rings. The first kappa shape index (κ1) is 25.6. The molecule has 0 saturated heterocycles. The van der Waals surface area contributed by atoms with Crippen LogP contribution in [0, 0.1) is 5.92 Å². The molecule has 3 heterocycles. The third-order valence-corrected chi connectivity index (χ3v) is 10.9. The van der Waals surface area contributed by atoms with Crippen molar-refractivity contribution < 1.29 is 0 Å². The molecule has 0 radical (unpaired) electrons. The topological polar surface area (TPSA) is 8.17 Å². The van der Waals surface area contributed by atoms with Crippen LogP contribution < -0.4 is 4.90 Å². The van der Waals surface area contributed by atoms with Gasteiger partial charge >= 0.3 is 0 Å². The predicted molar refractivity (Wildman–Crippen MR) is 190 cm³/mol. The Hall–Kier alpha value is -4.86. The van der Waals surface area contributed by atoms with E-state index in [-0.39, 0.29) is 6.17 Å². The van der Waals surface area contributed by atoms with E-state index in [1.165, 1.54) is 75.5 Å². The molecule has 0 spiro atoms. The lowest BCUT2D eigenvalue weighted by Crippen LogP contribution is -2.31. The number of likely N-dealkylation sites (N-methyl/N-ethyl adjacent to an activating group) is 1. The number of fused-ring (bicyclic) bond motifs is 8. The van der Waals surface area contributed by atoms with Gasteiger partial charge in [-0.1, -0.05) is 110 Å². The van der Waals surface area contributed by atoms with Crippen molar-refractivity contribution >= 4 is 70.1 Å². The van der Waals surface area contributed by atoms with Crippen molar-refractivity contribution in [2.45, 2.75) is 19.5 Å². The highest BCUT2D eigenvalue weighted by molar-refractivity contribution is 7.26. The van der Waals surface area contributed by atoms with Crippen LogP contribution in [0.3, 0.4) is 0 Å². The summed E-state index contributed by atoms with van der Waals surface area (Å²) < 4.78 is 5.30. The summed E-state index contributed by atoms with van der Waals surface area (Å²) in [6.07, 6.45) is 8.32. The smallest absolute Gasteiger partial charge is 0.126 e. The number of hydrogen-bond acceptors (Lipinski definition) is 2. The van der Waals surface area contributed by atoms with Gasteiger partial charge in [-0.25, -0.2) is 0 Å². The molecule has 1 aliphatic carbocycles. The highest BCUT2D eigenvalue weighted by atomic mass is 32.1. The summed E-state index contributed by atoms with van der Waals surface area (Å²) in [5.41, 5.74) is 10.7. The molecule has 7 aromatic rings. The van der Waals surface area contributed by atoms with Gasteiger partial charge in [-0.05, 0) is 65.0 Å². The van der Waals surface area contributed by atoms with Crippen LogP contribution >= 0.6 is 11.3 Å². The first-order valence-electron chi connectivity index (χ1n) is 15.5. The number of para-hydroxylation sites is 2. The molecule has 0 amide bonds. The SMILES string of the molecule is CC1CC(c2ccccc2)=CC=C1C1=CC(n2c3ccccc3c3c4sc5ccccc5c4ccc32)N(C)c2ccccc21. The predicted octanol–water partition coefficient (Wildman–Crippen LogP) is 11.2. The number of hydrogen-bond donors (Lipinski definition) is 0. The highest BCUT2D eigenvalue weighted by Crippen LogP contribution is 2.48. The van der Waals surface area contributed by atoms with Crippen LogP contribution in [0.25, 0.3) is 53.1 Å². The molecule has 1 aliphatic heterocycles. The summed E-state index contributed by atoms with van der Waals surface area (Å²) in [5.74, 6) is 0.412. The van der Waals surface area contributed by atoms with E-state index in [1.54, 1.807) is 0 Å². The Kier molecular flexibility index (Phi) is 5.73. The molecule has 2 atom stereocenters. The zero-order chi connectivity index (χ0) is 29.4. The number of allylic oxidation sites excluding steroid dienone is 5. The van der Waals surface area contributed by atoms with Crippen molar-refractivity contribution in [1.29, 1.82) is 0 Å². The summed E-state index contributed by atoms with van der Waals surface area (Å²) >= 11 is 1.92. The Morgan fingerprint density at radius 2 is 1.43 bits per heavy atom. The monoisotopic (exact) mass is 584 g/mol. The quantitative estimate of drug-likeness (QED) is 0.201. The minimum absolute atomic E-state index is 0.0294. The van der Waals surface area contributed by atoms with Crippen LogP contribution in [0.4, 0.5) is 5.69 Å². The fourth-order valence-electron chi connectivity index (χ4n) is 7.64. The number of rotatable bonds is 3. The lowest BCUT2D eigenvalue weighted by atomic mass is 9.79. The number of aromatic nitrogens is 1. The molecule has 0 fully saturated rings. The van der Waals surface area contributed by atoms with Gasteiger partial charge in [0.15, 0.2) is 0 Å². The fraction of sp³-hybridized carbons (Fsp3) is 0.122. The first-order valence-corrected chi connectivity index (χ1v) is 16.3. The highest BCUT2D eigenvalue weighted by Gasteiger charge is 2.31. The van der Waals surface area contributed by atoms with Gasteiger partial charge in [-0.3, -0.25) is 0 Å². The summed E-state index contributed by atoms with van der Waals surface area (Å²) in [4.78, 5) is 2.46. The molecule has 2 unspecified atom stereocenters. The maximum atomic E-state index is 2.57. The summed E-state index contributed by atoms with van der Waals surface area (Å²) in [6, 6.07) is 42.3. The number of nitrogens with zero attached hydrogens (tertiary/aromatic N) is 2. The second-order valence-electron chi connectivity index (χ2n) is 12.2. The van der Waals surface area contributed by atoms with Gasteiger partial charge in [0.1, 0.15) is 6.17 Å². The van der Waals surface area contributed by atoms with E-state index in [4.69, 9.17) is 0 Å². The van der Waals surface area contributed by atoms with E-state index in [9.17, 15) is 0 Å². The Morgan fingerprint density at radius 3 is 2.30 bits per heavy atom. The van der Waals surface area contributed by atoms with Crippen molar-refractivity contribution in [2.24, 2.45) is 5.92 Å². The normalized spacial score (nSPS) is 18.5. The van der Waals surface area contributed by atoms with E-state index in [1.807, 2.05) is 11.3 Å². The molecular weight excluding hydrogens is 553 g/mol. The third-order valence-electron chi connectivity index (χ3n) is 9.75. The summed E-state index contributed by atoms with van der Waals surface area (Å²) in [5, 5.41) is 5.38. The Balaban J connectivity index is 1.28. The minimum atomic E-state index is 0.0294. The molecule has 9 rings (SSSR count). The van der Waals surface area contributed by atoms with Crippen LogP contribution in [0.2, 0.25) is 0 Å². The van der Waals surface area contributed by atoms with Crippen LogP contribution in [-0.2, 0) is 0 Å². The van der Waals surface area contributed by atoms with Gasteiger partial charge < -0.3 is 9.47 Å². The molecule has 3 heteroatoms. The molecule has 0 saturated carbocycles. The molecule has 212 valence electrons. The van der Waals surface area contributed by atoms with Crippen LogP contribution in [0.5, 0.6) is 0 Å². The standard InChI is InChI=1S/C41H32N2S/c1-26-24-28(27-12-4-3-5-13-27)20-21-29(26)34-25-39(42(2)35-17-9-6-14-30(34)35)43-36-18-10-7-16-33(36)40-37(43)23-22-32-31-15-8-11-19-38(31)44-41(32)40/h3-23,25-26,39H,24H2,1-2H3. The number of benzene rings is 5. The van der Waals surface area contributed by atoms with Gasteiger partial charge in [0, 0.05) is 49.2 Å². The Labute approximate surface area is 261 Å². The van der Waals surface area contributed by atoms with Crippen LogP contribution in [0.15, 0.2) is 139 Å². The first-order chi connectivity index (χ1) is 21.7. The summed E-state index contributed by atoms with van der Waals surface area (Å²) in [6.45, 7) is 2.39. The third kappa shape index (κ3) is 3.72. The van der Waals surface area contributed by atoms with Crippen molar-refractivity contribution in [3.63, 3.8) is 0 Å². The Morgan fingerprint density at radius 1 is 0.682 bits per heavy atom. The van der Waals surface area contributed by atoms with Gasteiger partial charge in [-0.15, -0.1) is 11.3 Å². The molecule has 2 aromatic heterocycles. The van der Waals surface area contributed by atoms with E-state index < -0.39 is 0 Å². The van der Waals surface area contributed by atoms with E-state index in [0.29, 0.717) is 5.92 Å². The Bertz CT molecular complexity index is 2350. The molecule has 5 aromatic carbocycles. The molecule has 0 bridgehead atoms. The molecular formula is C41H32N2S. The zero-order valence-electron chi connectivity index (χ0n) is 24.9. The van der Waals surface area contributed by atoms with E-state index >= 15 is 0 Å². The molecule has 0 N–H and O–H groups in total. The van der Waals surface area contributed by atoms with Crippen molar-refractivity contribution in [2.75, 3.05) is 11.9 Å². The van der Waals surface area contributed by atoms with Crippen LogP contribution in [0.1, 0.15) is 30.6 Å². The second kappa shape index (κ2) is 9.83.